The molecule has 0 radical (unpaired) electrons. The molecule has 0 aliphatic heterocycles. The molecule has 284 valence electrons. The van der Waals surface area contributed by atoms with Crippen molar-refractivity contribution in [3.05, 3.63) is 193 Å². The second-order valence-corrected chi connectivity index (χ2v) is 18.8. The SMILES string of the molecule is CC(C)(C)C1(C(C)(C)C)c2cc(-c3cccc(-c4c5ccccc5c(-c5ccccc5)c5ccccc45)c3)c3ccccc3c2-c2c1c1ccccc1c1ccccc21. The van der Waals surface area contributed by atoms with Crippen LogP contribution in [0, 0.1) is 10.8 Å². The van der Waals surface area contributed by atoms with E-state index < -0.39 is 0 Å². The number of hydrogen-bond donors (Lipinski definition) is 0. The average Bonchev–Trinajstić information content (AvgIpc) is 3.59. The number of hydrogen-bond acceptors (Lipinski definition) is 0. The molecule has 0 amide bonds. The maximum atomic E-state index is 2.62. The zero-order valence-electron chi connectivity index (χ0n) is 34.8. The molecule has 0 N–H and O–H groups in total. The van der Waals surface area contributed by atoms with Crippen molar-refractivity contribution in [1.29, 1.82) is 0 Å². The Morgan fingerprint density at radius 1 is 0.288 bits per heavy atom. The zero-order valence-corrected chi connectivity index (χ0v) is 34.8. The summed E-state index contributed by atoms with van der Waals surface area (Å²) in [4.78, 5) is 0. The molecule has 0 saturated carbocycles. The first-order valence-electron chi connectivity index (χ1n) is 21.2. The summed E-state index contributed by atoms with van der Waals surface area (Å²) in [5.74, 6) is 0. The van der Waals surface area contributed by atoms with Gasteiger partial charge in [-0.1, -0.05) is 211 Å². The second kappa shape index (κ2) is 12.7. The average molecular weight is 757 g/mol. The van der Waals surface area contributed by atoms with Crippen molar-refractivity contribution in [1.82, 2.24) is 0 Å². The maximum absolute atomic E-state index is 2.62. The van der Waals surface area contributed by atoms with Crippen LogP contribution in [0.15, 0.2) is 182 Å². The standard InChI is InChI=1S/C59H48/c1-57(2,3)59(58(4,5)6)51-36-50(42-27-11-13-28-43(42)54(51)55-44-29-14-10-25-40(44)41-26-12-19-34-49(41)56(55)59)38-23-20-24-39(35-38)53-47-32-17-15-30-45(47)52(37-21-8-7-9-22-37)46-31-16-18-33-48(46)53/h7-36H,1-6H3. The molecule has 0 heteroatoms. The fourth-order valence-corrected chi connectivity index (χ4v) is 12.0. The normalized spacial score (nSPS) is 13.7. The highest BCUT2D eigenvalue weighted by atomic mass is 14.6. The summed E-state index contributed by atoms with van der Waals surface area (Å²) >= 11 is 0. The largest absolute Gasteiger partial charge is 0.0622 e. The van der Waals surface area contributed by atoms with Crippen molar-refractivity contribution in [2.75, 3.05) is 0 Å². The van der Waals surface area contributed by atoms with E-state index in [1.165, 1.54) is 109 Å². The summed E-state index contributed by atoms with van der Waals surface area (Å²) in [6.45, 7) is 14.9. The van der Waals surface area contributed by atoms with Gasteiger partial charge in [0.05, 0.1) is 0 Å². The molecule has 0 saturated heterocycles. The summed E-state index contributed by atoms with van der Waals surface area (Å²) in [5.41, 5.74) is 12.7. The van der Waals surface area contributed by atoms with Crippen molar-refractivity contribution in [3.63, 3.8) is 0 Å². The predicted molar refractivity (Wildman–Crippen MR) is 255 cm³/mol. The molecule has 10 aromatic rings. The van der Waals surface area contributed by atoms with E-state index in [0.717, 1.165) is 0 Å². The van der Waals surface area contributed by atoms with E-state index in [4.69, 9.17) is 0 Å². The monoisotopic (exact) mass is 756 g/mol. The van der Waals surface area contributed by atoms with E-state index in [1.807, 2.05) is 0 Å². The van der Waals surface area contributed by atoms with Crippen LogP contribution in [-0.2, 0) is 5.41 Å². The van der Waals surface area contributed by atoms with Gasteiger partial charge in [-0.25, -0.2) is 0 Å². The first-order chi connectivity index (χ1) is 28.6. The quantitative estimate of drug-likeness (QED) is 0.124. The Kier molecular flexibility index (Phi) is 7.70. The maximum Gasteiger partial charge on any atom is 0.0318 e. The van der Waals surface area contributed by atoms with Crippen molar-refractivity contribution >= 4 is 53.9 Å². The van der Waals surface area contributed by atoms with Gasteiger partial charge >= 0.3 is 0 Å². The third-order valence-electron chi connectivity index (χ3n) is 13.7. The Hall–Kier alpha value is -6.50. The van der Waals surface area contributed by atoms with Crippen LogP contribution in [0.25, 0.3) is 98.4 Å². The molecule has 0 unspecified atom stereocenters. The van der Waals surface area contributed by atoms with Crippen LogP contribution in [0.4, 0.5) is 0 Å². The van der Waals surface area contributed by atoms with Gasteiger partial charge in [-0.2, -0.15) is 0 Å². The van der Waals surface area contributed by atoms with Gasteiger partial charge in [0.2, 0.25) is 0 Å². The van der Waals surface area contributed by atoms with Gasteiger partial charge in [-0.3, -0.25) is 0 Å². The van der Waals surface area contributed by atoms with Crippen LogP contribution >= 0.6 is 0 Å². The lowest BCUT2D eigenvalue weighted by Gasteiger charge is -2.53. The lowest BCUT2D eigenvalue weighted by atomic mass is 9.49. The van der Waals surface area contributed by atoms with Crippen LogP contribution in [0.5, 0.6) is 0 Å². The number of fused-ring (bicyclic) bond motifs is 12. The molecule has 59 heavy (non-hydrogen) atoms. The van der Waals surface area contributed by atoms with Gasteiger partial charge in [0.25, 0.3) is 0 Å². The van der Waals surface area contributed by atoms with Gasteiger partial charge in [0.1, 0.15) is 0 Å². The minimum atomic E-state index is -0.315. The Bertz CT molecular complexity index is 3260. The molecular formula is C59H48. The van der Waals surface area contributed by atoms with Crippen molar-refractivity contribution < 1.29 is 0 Å². The second-order valence-electron chi connectivity index (χ2n) is 18.8. The highest BCUT2D eigenvalue weighted by molar-refractivity contribution is 6.24. The Morgan fingerprint density at radius 2 is 0.661 bits per heavy atom. The Morgan fingerprint density at radius 3 is 1.19 bits per heavy atom. The van der Waals surface area contributed by atoms with Crippen LogP contribution in [-0.4, -0.2) is 0 Å². The summed E-state index contributed by atoms with van der Waals surface area (Å²) in [7, 11) is 0. The van der Waals surface area contributed by atoms with Crippen LogP contribution in [0.3, 0.4) is 0 Å². The van der Waals surface area contributed by atoms with Gasteiger partial charge in [0, 0.05) is 5.41 Å². The summed E-state index contributed by atoms with van der Waals surface area (Å²) in [6, 6.07) is 68.4. The predicted octanol–water partition coefficient (Wildman–Crippen LogP) is 16.8. The molecule has 0 atom stereocenters. The van der Waals surface area contributed by atoms with Gasteiger partial charge in [-0.15, -0.1) is 0 Å². The fourth-order valence-electron chi connectivity index (χ4n) is 12.0. The molecule has 11 rings (SSSR count). The van der Waals surface area contributed by atoms with Crippen LogP contribution < -0.4 is 0 Å². The molecular weight excluding hydrogens is 709 g/mol. The topological polar surface area (TPSA) is 0 Å². The first kappa shape index (κ1) is 35.6. The molecule has 0 aromatic heterocycles. The highest BCUT2D eigenvalue weighted by Gasteiger charge is 2.59. The molecule has 0 nitrogen and oxygen atoms in total. The molecule has 1 aliphatic rings. The summed E-state index contributed by atoms with van der Waals surface area (Å²) < 4.78 is 0. The molecule has 0 fully saturated rings. The van der Waals surface area contributed by atoms with E-state index in [0.29, 0.717) is 0 Å². The van der Waals surface area contributed by atoms with Crippen LogP contribution in [0.2, 0.25) is 0 Å². The Labute approximate surface area is 347 Å². The van der Waals surface area contributed by atoms with Gasteiger partial charge < -0.3 is 0 Å². The molecule has 0 bridgehead atoms. The highest BCUT2D eigenvalue weighted by Crippen LogP contribution is 2.68. The van der Waals surface area contributed by atoms with E-state index >= 15 is 0 Å². The minimum absolute atomic E-state index is 0.129. The zero-order chi connectivity index (χ0) is 40.3. The fraction of sp³-hybridized carbons (Fsp3) is 0.153. The minimum Gasteiger partial charge on any atom is -0.0622 e. The molecule has 0 heterocycles. The lowest BCUT2D eigenvalue weighted by Crippen LogP contribution is -2.50. The van der Waals surface area contributed by atoms with E-state index in [9.17, 15) is 0 Å². The van der Waals surface area contributed by atoms with Gasteiger partial charge in [0.15, 0.2) is 0 Å². The molecule has 1 aliphatic carbocycles. The Balaban J connectivity index is 1.25. The van der Waals surface area contributed by atoms with E-state index in [-0.39, 0.29) is 16.2 Å². The van der Waals surface area contributed by atoms with Crippen molar-refractivity contribution in [2.45, 2.75) is 47.0 Å². The first-order valence-corrected chi connectivity index (χ1v) is 21.2. The van der Waals surface area contributed by atoms with E-state index in [1.54, 1.807) is 0 Å². The number of rotatable bonds is 3. The third-order valence-corrected chi connectivity index (χ3v) is 13.7. The van der Waals surface area contributed by atoms with Crippen molar-refractivity contribution in [2.24, 2.45) is 10.8 Å². The van der Waals surface area contributed by atoms with Crippen LogP contribution in [0.1, 0.15) is 52.7 Å². The smallest absolute Gasteiger partial charge is 0.0318 e. The molecule has 0 spiro atoms. The summed E-state index contributed by atoms with van der Waals surface area (Å²) in [6.07, 6.45) is 0. The summed E-state index contributed by atoms with van der Waals surface area (Å²) in [5, 5.41) is 13.1. The van der Waals surface area contributed by atoms with Crippen molar-refractivity contribution in [3.8, 4) is 44.5 Å². The van der Waals surface area contributed by atoms with E-state index in [2.05, 4.69) is 224 Å². The van der Waals surface area contributed by atoms with Gasteiger partial charge in [-0.05, 0) is 132 Å². The molecule has 10 aromatic carbocycles. The number of benzene rings is 10. The third kappa shape index (κ3) is 4.90. The lowest BCUT2D eigenvalue weighted by molar-refractivity contribution is 0.0965.